The third kappa shape index (κ3) is 3.21. The molecule has 0 aliphatic carbocycles. The van der Waals surface area contributed by atoms with Crippen LogP contribution in [0, 0.1) is 0 Å². The lowest BCUT2D eigenvalue weighted by molar-refractivity contribution is 0.297. The van der Waals surface area contributed by atoms with Crippen molar-refractivity contribution in [1.82, 2.24) is 5.43 Å². The van der Waals surface area contributed by atoms with Gasteiger partial charge in [-0.2, -0.15) is 0 Å². The van der Waals surface area contributed by atoms with Gasteiger partial charge in [-0.3, -0.25) is 5.84 Å². The molecular weight excluding hydrogens is 99.0 g/mol. The van der Waals surface area contributed by atoms with Crippen molar-refractivity contribution in [3.63, 3.8) is 0 Å². The van der Waals surface area contributed by atoms with Gasteiger partial charge in [-0.25, -0.2) is 4.39 Å². The number of halogens is 1. The minimum atomic E-state index is -0.678. The molecule has 0 radical (unpaired) electrons. The van der Waals surface area contributed by atoms with E-state index in [1.807, 2.05) is 5.43 Å². The van der Waals surface area contributed by atoms with Gasteiger partial charge in [0.15, 0.2) is 0 Å². The molecule has 0 amide bonds. The third-order valence-electron chi connectivity index (χ3n) is 0.391. The monoisotopic (exact) mass is 106 g/mol. The number of nitrogens with two attached hydrogens (primary N) is 1. The standard InChI is InChI=1S/C3H7FN2O/c4-3(2-7)1-6-5/h1,6-7H,2,5H2/b3-1-. The number of aliphatic hydroxyl groups is 1. The van der Waals surface area contributed by atoms with Crippen LogP contribution in [0.3, 0.4) is 0 Å². The van der Waals surface area contributed by atoms with Crippen LogP contribution in [0.15, 0.2) is 12.0 Å². The molecule has 0 fully saturated rings. The molecule has 4 N–H and O–H groups in total. The largest absolute Gasteiger partial charge is 0.389 e. The maximum absolute atomic E-state index is 11.6. The second-order valence-corrected chi connectivity index (χ2v) is 0.916. The van der Waals surface area contributed by atoms with Crippen LogP contribution in [-0.4, -0.2) is 11.7 Å². The van der Waals surface area contributed by atoms with E-state index in [1.165, 1.54) is 0 Å². The van der Waals surface area contributed by atoms with Crippen molar-refractivity contribution < 1.29 is 9.50 Å². The average Bonchev–Trinajstić information content (AvgIpc) is 1.68. The van der Waals surface area contributed by atoms with Gasteiger partial charge in [0.2, 0.25) is 0 Å². The second-order valence-electron chi connectivity index (χ2n) is 0.916. The molecule has 42 valence electrons. The van der Waals surface area contributed by atoms with Crippen molar-refractivity contribution in [3.8, 4) is 0 Å². The van der Waals surface area contributed by atoms with Crippen LogP contribution < -0.4 is 11.3 Å². The summed E-state index contributed by atoms with van der Waals surface area (Å²) >= 11 is 0. The topological polar surface area (TPSA) is 58.3 Å². The van der Waals surface area contributed by atoms with Crippen molar-refractivity contribution in [3.05, 3.63) is 12.0 Å². The molecule has 0 unspecified atom stereocenters. The van der Waals surface area contributed by atoms with E-state index in [0.717, 1.165) is 6.20 Å². The predicted molar refractivity (Wildman–Crippen MR) is 23.6 cm³/mol. The molecule has 0 heterocycles. The summed E-state index contributed by atoms with van der Waals surface area (Å²) in [6, 6.07) is 0. The summed E-state index contributed by atoms with van der Waals surface area (Å²) in [5, 5.41) is 7.93. The second kappa shape index (κ2) is 3.58. The Bertz CT molecular complexity index is 73.3. The molecule has 0 saturated heterocycles. The van der Waals surface area contributed by atoms with Crippen molar-refractivity contribution in [2.24, 2.45) is 5.84 Å². The van der Waals surface area contributed by atoms with Crippen LogP contribution in [0.2, 0.25) is 0 Å². The molecule has 0 aliphatic rings. The Morgan fingerprint density at radius 3 is 2.71 bits per heavy atom. The van der Waals surface area contributed by atoms with Crippen molar-refractivity contribution >= 4 is 0 Å². The van der Waals surface area contributed by atoms with Gasteiger partial charge < -0.3 is 10.5 Å². The minimum Gasteiger partial charge on any atom is -0.389 e. The molecule has 0 atom stereocenters. The molecule has 0 aromatic carbocycles. The van der Waals surface area contributed by atoms with Crippen LogP contribution in [0.4, 0.5) is 4.39 Å². The quantitative estimate of drug-likeness (QED) is 0.321. The molecule has 0 saturated carbocycles. The van der Waals surface area contributed by atoms with E-state index >= 15 is 0 Å². The fourth-order valence-electron chi connectivity index (χ4n) is 0.136. The highest BCUT2D eigenvalue weighted by Gasteiger charge is 1.83. The van der Waals surface area contributed by atoms with Gasteiger partial charge in [0.25, 0.3) is 0 Å². The smallest absolute Gasteiger partial charge is 0.142 e. The predicted octanol–water partition coefficient (Wildman–Crippen LogP) is -0.747. The first-order valence-corrected chi connectivity index (χ1v) is 1.72. The number of hydrogen-bond acceptors (Lipinski definition) is 3. The Balaban J connectivity index is 3.29. The van der Waals surface area contributed by atoms with E-state index in [1.54, 1.807) is 0 Å². The van der Waals surface area contributed by atoms with Crippen molar-refractivity contribution in [2.75, 3.05) is 6.61 Å². The van der Waals surface area contributed by atoms with E-state index < -0.39 is 12.4 Å². The Labute approximate surface area is 40.6 Å². The van der Waals surface area contributed by atoms with Crippen LogP contribution >= 0.6 is 0 Å². The molecule has 0 spiro atoms. The Morgan fingerprint density at radius 1 is 2.00 bits per heavy atom. The highest BCUT2D eigenvalue weighted by Crippen LogP contribution is 1.87. The van der Waals surface area contributed by atoms with Gasteiger partial charge in [-0.15, -0.1) is 0 Å². The first-order valence-electron chi connectivity index (χ1n) is 1.72. The fourth-order valence-corrected chi connectivity index (χ4v) is 0.136. The van der Waals surface area contributed by atoms with E-state index in [2.05, 4.69) is 5.84 Å². The zero-order chi connectivity index (χ0) is 5.70. The fraction of sp³-hybridized carbons (Fsp3) is 0.333. The molecule has 7 heavy (non-hydrogen) atoms. The van der Waals surface area contributed by atoms with Gasteiger partial charge in [0, 0.05) is 6.20 Å². The molecular formula is C3H7FN2O. The highest BCUT2D eigenvalue weighted by atomic mass is 19.1. The van der Waals surface area contributed by atoms with E-state index in [-0.39, 0.29) is 0 Å². The molecule has 0 aromatic rings. The van der Waals surface area contributed by atoms with Gasteiger partial charge in [0.1, 0.15) is 5.83 Å². The summed E-state index contributed by atoms with van der Waals surface area (Å²) in [6.07, 6.45) is 0.875. The maximum atomic E-state index is 11.6. The highest BCUT2D eigenvalue weighted by molar-refractivity contribution is 4.86. The van der Waals surface area contributed by atoms with Gasteiger partial charge in [-0.1, -0.05) is 0 Å². The number of hydrogen-bond donors (Lipinski definition) is 3. The summed E-state index contributed by atoms with van der Waals surface area (Å²) in [6.45, 7) is -0.607. The lowest BCUT2D eigenvalue weighted by Gasteiger charge is -1.86. The first kappa shape index (κ1) is 6.39. The molecule has 3 nitrogen and oxygen atoms in total. The van der Waals surface area contributed by atoms with E-state index in [9.17, 15) is 4.39 Å². The zero-order valence-corrected chi connectivity index (χ0v) is 3.69. The molecule has 4 heteroatoms. The van der Waals surface area contributed by atoms with Crippen LogP contribution in [-0.2, 0) is 0 Å². The third-order valence-corrected chi connectivity index (χ3v) is 0.391. The van der Waals surface area contributed by atoms with E-state index in [0.29, 0.717) is 0 Å². The lowest BCUT2D eigenvalue weighted by Crippen LogP contribution is -2.14. The average molecular weight is 106 g/mol. The number of hydrazine groups is 1. The molecule has 0 rings (SSSR count). The molecule has 0 bridgehead atoms. The van der Waals surface area contributed by atoms with Crippen molar-refractivity contribution in [1.29, 1.82) is 0 Å². The molecule has 0 aliphatic heterocycles. The van der Waals surface area contributed by atoms with Gasteiger partial charge >= 0.3 is 0 Å². The SMILES string of the molecule is NN/C=C(\F)CO. The Kier molecular flexibility index (Phi) is 3.26. The first-order chi connectivity index (χ1) is 3.31. The van der Waals surface area contributed by atoms with Gasteiger partial charge in [-0.05, 0) is 0 Å². The zero-order valence-electron chi connectivity index (χ0n) is 3.69. The van der Waals surface area contributed by atoms with Crippen LogP contribution in [0.25, 0.3) is 0 Å². The number of aliphatic hydroxyl groups excluding tert-OH is 1. The van der Waals surface area contributed by atoms with E-state index in [4.69, 9.17) is 5.11 Å². The van der Waals surface area contributed by atoms with Crippen LogP contribution in [0.5, 0.6) is 0 Å². The minimum absolute atomic E-state index is 0.607. The summed E-state index contributed by atoms with van der Waals surface area (Å²) in [4.78, 5) is 0. The van der Waals surface area contributed by atoms with Crippen LogP contribution in [0.1, 0.15) is 0 Å². The van der Waals surface area contributed by atoms with Gasteiger partial charge in [0.05, 0.1) is 6.61 Å². The summed E-state index contributed by atoms with van der Waals surface area (Å²) in [7, 11) is 0. The number of nitrogens with one attached hydrogen (secondary N) is 1. The lowest BCUT2D eigenvalue weighted by atomic mass is 10.6. The summed E-state index contributed by atoms with van der Waals surface area (Å²) in [5.74, 6) is 3.95. The normalized spacial score (nSPS) is 11.6. The summed E-state index contributed by atoms with van der Waals surface area (Å²) < 4.78 is 11.6. The molecule has 0 aromatic heterocycles. The Morgan fingerprint density at radius 2 is 2.57 bits per heavy atom. The summed E-state index contributed by atoms with van der Waals surface area (Å²) in [5.41, 5.74) is 1.92. The van der Waals surface area contributed by atoms with Crippen molar-refractivity contribution in [2.45, 2.75) is 0 Å². The number of rotatable bonds is 2. The maximum Gasteiger partial charge on any atom is 0.142 e. The Hall–Kier alpha value is -0.610.